The van der Waals surface area contributed by atoms with Gasteiger partial charge in [0.1, 0.15) is 0 Å². The first-order valence-electron chi connectivity index (χ1n) is 6.84. The van der Waals surface area contributed by atoms with Crippen molar-refractivity contribution in [2.24, 2.45) is 11.8 Å². The van der Waals surface area contributed by atoms with Crippen LogP contribution in [0, 0.1) is 11.8 Å². The maximum absolute atomic E-state index is 12.7. The van der Waals surface area contributed by atoms with Crippen molar-refractivity contribution >= 4 is 5.78 Å². The standard InChI is InChI=1S/C18H18O/c1-13-14(2)18(17(13)19,15-9-5-3-6-10-15)16-11-7-4-8-12-16/h3-14H,1-2H3. The predicted molar refractivity (Wildman–Crippen MR) is 77.0 cm³/mol. The van der Waals surface area contributed by atoms with E-state index in [2.05, 4.69) is 31.2 Å². The Morgan fingerprint density at radius 3 is 1.58 bits per heavy atom. The van der Waals surface area contributed by atoms with Gasteiger partial charge >= 0.3 is 0 Å². The molecule has 1 fully saturated rings. The second-order valence-electron chi connectivity index (χ2n) is 5.48. The van der Waals surface area contributed by atoms with Crippen LogP contribution in [0.1, 0.15) is 25.0 Å². The van der Waals surface area contributed by atoms with Gasteiger partial charge in [0.25, 0.3) is 0 Å². The summed E-state index contributed by atoms with van der Waals surface area (Å²) in [6.07, 6.45) is 0. The Balaban J connectivity index is 2.22. The zero-order valence-corrected chi connectivity index (χ0v) is 11.3. The molecule has 0 N–H and O–H groups in total. The lowest BCUT2D eigenvalue weighted by Crippen LogP contribution is -2.59. The quantitative estimate of drug-likeness (QED) is 0.791. The van der Waals surface area contributed by atoms with Crippen LogP contribution >= 0.6 is 0 Å². The van der Waals surface area contributed by atoms with Crippen LogP contribution in [0.2, 0.25) is 0 Å². The molecular formula is C18H18O. The van der Waals surface area contributed by atoms with E-state index in [1.165, 1.54) is 0 Å². The van der Waals surface area contributed by atoms with E-state index in [1.54, 1.807) is 0 Å². The lowest BCUT2D eigenvalue weighted by Gasteiger charge is -2.51. The molecule has 0 saturated heterocycles. The molecule has 1 aliphatic rings. The molecule has 0 aromatic heterocycles. The van der Waals surface area contributed by atoms with Crippen LogP contribution in [0.3, 0.4) is 0 Å². The second kappa shape index (κ2) is 4.34. The van der Waals surface area contributed by atoms with Crippen LogP contribution in [0.25, 0.3) is 0 Å². The maximum atomic E-state index is 12.7. The number of ketones is 1. The number of Topliss-reactive ketones (excluding diaryl/α,β-unsaturated/α-hetero) is 1. The summed E-state index contributed by atoms with van der Waals surface area (Å²) in [7, 11) is 0. The van der Waals surface area contributed by atoms with E-state index in [0.717, 1.165) is 11.1 Å². The molecule has 3 rings (SSSR count). The minimum Gasteiger partial charge on any atom is -0.298 e. The highest BCUT2D eigenvalue weighted by Gasteiger charge is 2.59. The van der Waals surface area contributed by atoms with E-state index in [1.807, 2.05) is 43.3 Å². The van der Waals surface area contributed by atoms with Gasteiger partial charge in [-0.1, -0.05) is 74.5 Å². The molecule has 0 bridgehead atoms. The molecule has 1 nitrogen and oxygen atoms in total. The molecule has 2 atom stereocenters. The van der Waals surface area contributed by atoms with E-state index in [-0.39, 0.29) is 5.92 Å². The van der Waals surface area contributed by atoms with Crippen LogP contribution in [0.4, 0.5) is 0 Å². The predicted octanol–water partition coefficient (Wildman–Crippen LogP) is 3.83. The van der Waals surface area contributed by atoms with Crippen LogP contribution in [0.5, 0.6) is 0 Å². The number of carbonyl (C=O) groups excluding carboxylic acids is 1. The lowest BCUT2D eigenvalue weighted by molar-refractivity contribution is -0.141. The molecule has 0 spiro atoms. The fourth-order valence-electron chi connectivity index (χ4n) is 3.47. The number of rotatable bonds is 2. The van der Waals surface area contributed by atoms with Crippen molar-refractivity contribution < 1.29 is 4.79 Å². The Morgan fingerprint density at radius 1 is 0.789 bits per heavy atom. The number of benzene rings is 2. The summed E-state index contributed by atoms with van der Waals surface area (Å²) in [5.74, 6) is 0.822. The van der Waals surface area contributed by atoms with Crippen LogP contribution in [-0.4, -0.2) is 5.78 Å². The summed E-state index contributed by atoms with van der Waals surface area (Å²) in [6.45, 7) is 4.23. The summed E-state index contributed by atoms with van der Waals surface area (Å²) in [4.78, 5) is 12.7. The summed E-state index contributed by atoms with van der Waals surface area (Å²) in [6, 6.07) is 20.4. The van der Waals surface area contributed by atoms with Crippen molar-refractivity contribution in [1.82, 2.24) is 0 Å². The van der Waals surface area contributed by atoms with Gasteiger partial charge in [0.2, 0.25) is 0 Å². The van der Waals surface area contributed by atoms with E-state index < -0.39 is 5.41 Å². The molecule has 0 amide bonds. The molecule has 2 aromatic rings. The Labute approximate surface area is 114 Å². The Morgan fingerprint density at radius 2 is 1.21 bits per heavy atom. The average molecular weight is 250 g/mol. The average Bonchev–Trinajstić information content (AvgIpc) is 2.49. The third kappa shape index (κ3) is 1.51. The topological polar surface area (TPSA) is 17.1 Å². The van der Waals surface area contributed by atoms with Crippen molar-refractivity contribution in [2.75, 3.05) is 0 Å². The van der Waals surface area contributed by atoms with Gasteiger partial charge in [-0.15, -0.1) is 0 Å². The third-order valence-electron chi connectivity index (χ3n) is 4.69. The molecule has 0 radical (unpaired) electrons. The Kier molecular flexibility index (Phi) is 2.78. The summed E-state index contributed by atoms with van der Waals surface area (Å²) in [5, 5.41) is 0. The molecule has 0 aliphatic heterocycles. The Bertz CT molecular complexity index is 546. The first-order chi connectivity index (χ1) is 9.19. The summed E-state index contributed by atoms with van der Waals surface area (Å²) in [5.41, 5.74) is 1.80. The highest BCUT2D eigenvalue weighted by molar-refractivity contribution is 6.02. The molecule has 1 heteroatoms. The largest absolute Gasteiger partial charge is 0.298 e. The zero-order chi connectivity index (χ0) is 13.5. The normalized spacial score (nSPS) is 24.8. The highest BCUT2D eigenvalue weighted by atomic mass is 16.1. The molecule has 2 unspecified atom stereocenters. The van der Waals surface area contributed by atoms with Crippen molar-refractivity contribution in [3.63, 3.8) is 0 Å². The van der Waals surface area contributed by atoms with Crippen LogP contribution in [-0.2, 0) is 10.2 Å². The Hall–Kier alpha value is -1.89. The van der Waals surface area contributed by atoms with Crippen molar-refractivity contribution in [1.29, 1.82) is 0 Å². The minimum atomic E-state index is -0.443. The van der Waals surface area contributed by atoms with Gasteiger partial charge in [0.05, 0.1) is 5.41 Å². The van der Waals surface area contributed by atoms with Crippen molar-refractivity contribution in [2.45, 2.75) is 19.3 Å². The summed E-state index contributed by atoms with van der Waals surface area (Å²) >= 11 is 0. The molecule has 0 heterocycles. The third-order valence-corrected chi connectivity index (χ3v) is 4.69. The van der Waals surface area contributed by atoms with E-state index >= 15 is 0 Å². The smallest absolute Gasteiger partial charge is 0.151 e. The molecule has 96 valence electrons. The van der Waals surface area contributed by atoms with Gasteiger partial charge in [0.15, 0.2) is 5.78 Å². The van der Waals surface area contributed by atoms with Crippen LogP contribution in [0.15, 0.2) is 60.7 Å². The maximum Gasteiger partial charge on any atom is 0.151 e. The minimum absolute atomic E-state index is 0.139. The number of carbonyl (C=O) groups is 1. The lowest BCUT2D eigenvalue weighted by atomic mass is 9.48. The van der Waals surface area contributed by atoms with Gasteiger partial charge in [-0.2, -0.15) is 0 Å². The first kappa shape index (κ1) is 12.2. The van der Waals surface area contributed by atoms with Crippen molar-refractivity contribution in [3.05, 3.63) is 71.8 Å². The molecule has 1 aliphatic carbocycles. The summed E-state index contributed by atoms with van der Waals surface area (Å²) < 4.78 is 0. The second-order valence-corrected chi connectivity index (χ2v) is 5.48. The highest BCUT2D eigenvalue weighted by Crippen LogP contribution is 2.53. The fourth-order valence-corrected chi connectivity index (χ4v) is 3.47. The van der Waals surface area contributed by atoms with Crippen LogP contribution < -0.4 is 0 Å². The van der Waals surface area contributed by atoms with E-state index in [9.17, 15) is 4.79 Å². The van der Waals surface area contributed by atoms with E-state index in [4.69, 9.17) is 0 Å². The zero-order valence-electron chi connectivity index (χ0n) is 11.3. The SMILES string of the molecule is CC1C(=O)C(c2ccccc2)(c2ccccc2)C1C. The first-order valence-corrected chi connectivity index (χ1v) is 6.84. The fraction of sp³-hybridized carbons (Fsp3) is 0.278. The molecule has 19 heavy (non-hydrogen) atoms. The molecule has 2 aromatic carbocycles. The number of hydrogen-bond donors (Lipinski definition) is 0. The van der Waals surface area contributed by atoms with E-state index in [0.29, 0.717) is 11.7 Å². The van der Waals surface area contributed by atoms with Gasteiger partial charge in [-0.25, -0.2) is 0 Å². The molecular weight excluding hydrogens is 232 g/mol. The van der Waals surface area contributed by atoms with Gasteiger partial charge in [-0.3, -0.25) is 4.79 Å². The van der Waals surface area contributed by atoms with Gasteiger partial charge < -0.3 is 0 Å². The monoisotopic (exact) mass is 250 g/mol. The number of hydrogen-bond acceptors (Lipinski definition) is 1. The van der Waals surface area contributed by atoms with Gasteiger partial charge in [-0.05, 0) is 17.0 Å². The van der Waals surface area contributed by atoms with Crippen molar-refractivity contribution in [3.8, 4) is 0 Å². The molecule has 1 saturated carbocycles. The van der Waals surface area contributed by atoms with Gasteiger partial charge in [0, 0.05) is 5.92 Å².